The van der Waals surface area contributed by atoms with Crippen LogP contribution in [0, 0.1) is 0 Å². The lowest BCUT2D eigenvalue weighted by atomic mass is 10.2. The molecule has 0 spiro atoms. The van der Waals surface area contributed by atoms with Crippen molar-refractivity contribution in [1.82, 2.24) is 15.1 Å². The summed E-state index contributed by atoms with van der Waals surface area (Å²) in [5.74, 6) is -0.155. The average Bonchev–Trinajstić information content (AvgIpc) is 2.97. The summed E-state index contributed by atoms with van der Waals surface area (Å²) in [5.41, 5.74) is 1.26. The van der Waals surface area contributed by atoms with Gasteiger partial charge in [0.15, 0.2) is 0 Å². The molecular formula is C13H17N3O2S. The minimum absolute atomic E-state index is 0.0612. The van der Waals surface area contributed by atoms with Crippen LogP contribution in [0.15, 0.2) is 23.7 Å². The molecule has 2 aromatic heterocycles. The molecule has 1 amide bonds. The molecule has 0 saturated carbocycles. The van der Waals surface area contributed by atoms with E-state index in [0.29, 0.717) is 17.7 Å². The van der Waals surface area contributed by atoms with Crippen LogP contribution in [0.1, 0.15) is 23.7 Å². The van der Waals surface area contributed by atoms with Crippen LogP contribution in [-0.2, 0) is 7.05 Å². The highest BCUT2D eigenvalue weighted by Gasteiger charge is 2.18. The number of carbonyl (C=O) groups is 1. The fourth-order valence-corrected chi connectivity index (χ4v) is 2.54. The zero-order valence-corrected chi connectivity index (χ0v) is 11.8. The lowest BCUT2D eigenvalue weighted by Crippen LogP contribution is -2.33. The Morgan fingerprint density at radius 2 is 2.42 bits per heavy atom. The van der Waals surface area contributed by atoms with Crippen molar-refractivity contribution in [3.05, 3.63) is 29.3 Å². The van der Waals surface area contributed by atoms with E-state index in [1.807, 2.05) is 24.4 Å². The molecule has 0 aromatic carbocycles. The summed E-state index contributed by atoms with van der Waals surface area (Å²) in [6, 6.07) is 3.82. The summed E-state index contributed by atoms with van der Waals surface area (Å²) in [4.78, 5) is 13.2. The van der Waals surface area contributed by atoms with Crippen molar-refractivity contribution in [1.29, 1.82) is 0 Å². The number of rotatable bonds is 5. The van der Waals surface area contributed by atoms with Crippen molar-refractivity contribution < 1.29 is 9.90 Å². The molecule has 0 aliphatic rings. The second-order valence-electron chi connectivity index (χ2n) is 4.43. The summed E-state index contributed by atoms with van der Waals surface area (Å²) in [5, 5.41) is 18.0. The van der Waals surface area contributed by atoms with E-state index in [0.717, 1.165) is 4.88 Å². The highest BCUT2D eigenvalue weighted by Crippen LogP contribution is 2.26. The van der Waals surface area contributed by atoms with Crippen molar-refractivity contribution in [2.75, 3.05) is 6.61 Å². The van der Waals surface area contributed by atoms with Crippen LogP contribution >= 0.6 is 11.3 Å². The Morgan fingerprint density at radius 3 is 3.05 bits per heavy atom. The number of aliphatic hydroxyl groups is 1. The highest BCUT2D eigenvalue weighted by atomic mass is 32.1. The standard InChI is InChI=1S/C13H17N3O2S/c1-9(5-6-17)14-13(18)10-8-16(2)15-12(10)11-4-3-7-19-11/h3-4,7-9,17H,5-6H2,1-2H3,(H,14,18). The Kier molecular flexibility index (Phi) is 4.34. The van der Waals surface area contributed by atoms with E-state index < -0.39 is 0 Å². The lowest BCUT2D eigenvalue weighted by Gasteiger charge is -2.11. The molecular weight excluding hydrogens is 262 g/mol. The number of nitrogens with zero attached hydrogens (tertiary/aromatic N) is 2. The Balaban J connectivity index is 2.22. The third-order valence-corrected chi connectivity index (χ3v) is 3.64. The van der Waals surface area contributed by atoms with Gasteiger partial charge in [0.05, 0.1) is 10.4 Å². The van der Waals surface area contributed by atoms with Gasteiger partial charge in [0.1, 0.15) is 5.69 Å². The second-order valence-corrected chi connectivity index (χ2v) is 5.38. The minimum Gasteiger partial charge on any atom is -0.396 e. The van der Waals surface area contributed by atoms with E-state index in [-0.39, 0.29) is 18.6 Å². The molecule has 5 nitrogen and oxygen atoms in total. The predicted molar refractivity (Wildman–Crippen MR) is 75.2 cm³/mol. The lowest BCUT2D eigenvalue weighted by molar-refractivity contribution is 0.0935. The first-order valence-corrected chi connectivity index (χ1v) is 6.99. The molecule has 0 aliphatic heterocycles. The van der Waals surface area contributed by atoms with Crippen molar-refractivity contribution in [3.63, 3.8) is 0 Å². The van der Waals surface area contributed by atoms with Crippen LogP contribution in [0.5, 0.6) is 0 Å². The van der Waals surface area contributed by atoms with Gasteiger partial charge in [0.25, 0.3) is 5.91 Å². The van der Waals surface area contributed by atoms with Gasteiger partial charge in [-0.3, -0.25) is 9.48 Å². The first-order valence-electron chi connectivity index (χ1n) is 6.11. The van der Waals surface area contributed by atoms with Gasteiger partial charge in [0, 0.05) is 25.9 Å². The van der Waals surface area contributed by atoms with Crippen LogP contribution in [0.2, 0.25) is 0 Å². The van der Waals surface area contributed by atoms with Crippen molar-refractivity contribution in [2.24, 2.45) is 7.05 Å². The number of aryl methyl sites for hydroxylation is 1. The van der Waals surface area contributed by atoms with E-state index in [2.05, 4.69) is 10.4 Å². The van der Waals surface area contributed by atoms with Crippen LogP contribution < -0.4 is 5.32 Å². The first kappa shape index (κ1) is 13.8. The van der Waals surface area contributed by atoms with Crippen LogP contribution in [-0.4, -0.2) is 33.4 Å². The molecule has 2 rings (SSSR count). The van der Waals surface area contributed by atoms with Gasteiger partial charge in [-0.05, 0) is 24.8 Å². The summed E-state index contributed by atoms with van der Waals surface area (Å²) >= 11 is 1.55. The number of aliphatic hydroxyl groups excluding tert-OH is 1. The maximum Gasteiger partial charge on any atom is 0.255 e. The van der Waals surface area contributed by atoms with Gasteiger partial charge in [-0.15, -0.1) is 11.3 Å². The quantitative estimate of drug-likeness (QED) is 0.874. The number of aromatic nitrogens is 2. The third kappa shape index (κ3) is 3.21. The van der Waals surface area contributed by atoms with Crippen molar-refractivity contribution in [3.8, 4) is 10.6 Å². The second kappa shape index (κ2) is 5.99. The van der Waals surface area contributed by atoms with E-state index in [1.54, 1.807) is 29.3 Å². The maximum atomic E-state index is 12.2. The summed E-state index contributed by atoms with van der Waals surface area (Å²) in [6.07, 6.45) is 2.26. The first-order chi connectivity index (χ1) is 9.11. The fraction of sp³-hybridized carbons (Fsp3) is 0.385. The number of thiophene rings is 1. The molecule has 2 heterocycles. The molecule has 2 aromatic rings. The predicted octanol–water partition coefficient (Wildman–Crippen LogP) is 1.65. The Morgan fingerprint density at radius 1 is 1.63 bits per heavy atom. The van der Waals surface area contributed by atoms with Gasteiger partial charge < -0.3 is 10.4 Å². The molecule has 1 atom stereocenters. The molecule has 0 radical (unpaired) electrons. The maximum absolute atomic E-state index is 12.2. The molecule has 0 fully saturated rings. The van der Waals surface area contributed by atoms with Crippen LogP contribution in [0.3, 0.4) is 0 Å². The van der Waals surface area contributed by atoms with E-state index in [9.17, 15) is 4.79 Å². The Bertz CT molecular complexity index is 548. The van der Waals surface area contributed by atoms with Gasteiger partial charge in [0.2, 0.25) is 0 Å². The van der Waals surface area contributed by atoms with E-state index in [1.165, 1.54) is 0 Å². The molecule has 6 heteroatoms. The Hall–Kier alpha value is -1.66. The normalized spacial score (nSPS) is 12.4. The zero-order chi connectivity index (χ0) is 13.8. The number of carbonyl (C=O) groups excluding carboxylic acids is 1. The fourth-order valence-electron chi connectivity index (χ4n) is 1.82. The zero-order valence-electron chi connectivity index (χ0n) is 11.0. The van der Waals surface area contributed by atoms with Crippen molar-refractivity contribution >= 4 is 17.2 Å². The molecule has 2 N–H and O–H groups in total. The molecule has 19 heavy (non-hydrogen) atoms. The summed E-state index contributed by atoms with van der Waals surface area (Å²) in [7, 11) is 1.80. The number of amides is 1. The molecule has 0 bridgehead atoms. The number of hydrogen-bond donors (Lipinski definition) is 2. The summed E-state index contributed by atoms with van der Waals surface area (Å²) < 4.78 is 1.64. The van der Waals surface area contributed by atoms with Gasteiger partial charge in [-0.2, -0.15) is 5.10 Å². The van der Waals surface area contributed by atoms with E-state index in [4.69, 9.17) is 5.11 Å². The topological polar surface area (TPSA) is 67.2 Å². The smallest absolute Gasteiger partial charge is 0.255 e. The highest BCUT2D eigenvalue weighted by molar-refractivity contribution is 7.13. The van der Waals surface area contributed by atoms with Gasteiger partial charge in [-0.25, -0.2) is 0 Å². The third-order valence-electron chi connectivity index (χ3n) is 2.77. The number of nitrogens with one attached hydrogen (secondary N) is 1. The monoisotopic (exact) mass is 279 g/mol. The van der Waals surface area contributed by atoms with Crippen LogP contribution in [0.25, 0.3) is 10.6 Å². The molecule has 0 aliphatic carbocycles. The number of hydrogen-bond acceptors (Lipinski definition) is 4. The van der Waals surface area contributed by atoms with E-state index >= 15 is 0 Å². The van der Waals surface area contributed by atoms with Gasteiger partial charge in [-0.1, -0.05) is 6.07 Å². The summed E-state index contributed by atoms with van der Waals surface area (Å²) in [6.45, 7) is 1.93. The van der Waals surface area contributed by atoms with Gasteiger partial charge >= 0.3 is 0 Å². The van der Waals surface area contributed by atoms with Crippen molar-refractivity contribution in [2.45, 2.75) is 19.4 Å². The molecule has 102 valence electrons. The molecule has 1 unspecified atom stereocenters. The molecule has 0 saturated heterocycles. The minimum atomic E-state index is -0.155. The average molecular weight is 279 g/mol. The Labute approximate surface area is 115 Å². The van der Waals surface area contributed by atoms with Crippen LogP contribution in [0.4, 0.5) is 0 Å². The SMILES string of the molecule is CC(CCO)NC(=O)c1cn(C)nc1-c1cccs1. The largest absolute Gasteiger partial charge is 0.396 e.